The number of halogens is 1. The van der Waals surface area contributed by atoms with E-state index in [4.69, 9.17) is 26.8 Å². The van der Waals surface area contributed by atoms with Crippen molar-refractivity contribution in [2.24, 2.45) is 5.73 Å². The van der Waals surface area contributed by atoms with Crippen LogP contribution in [0.15, 0.2) is 12.1 Å². The van der Waals surface area contributed by atoms with E-state index in [-0.39, 0.29) is 5.92 Å². The first-order valence-electron chi connectivity index (χ1n) is 6.09. The summed E-state index contributed by atoms with van der Waals surface area (Å²) in [5.74, 6) is 1.32. The third-order valence-corrected chi connectivity index (χ3v) is 3.28. The molecule has 1 aliphatic rings. The van der Waals surface area contributed by atoms with E-state index in [1.54, 1.807) is 6.92 Å². The van der Waals surface area contributed by atoms with Crippen molar-refractivity contribution in [3.63, 3.8) is 0 Å². The lowest BCUT2D eigenvalue weighted by atomic mass is 9.93. The molecule has 0 bridgehead atoms. The molecule has 1 heterocycles. The molecule has 100 valence electrons. The Morgan fingerprint density at radius 1 is 1.39 bits per heavy atom. The van der Waals surface area contributed by atoms with Gasteiger partial charge in [0, 0.05) is 0 Å². The predicted octanol–water partition coefficient (Wildman–Crippen LogP) is 1.92. The molecule has 2 atom stereocenters. The van der Waals surface area contributed by atoms with Gasteiger partial charge in [-0.3, -0.25) is 0 Å². The lowest BCUT2D eigenvalue weighted by Crippen LogP contribution is -2.19. The van der Waals surface area contributed by atoms with Gasteiger partial charge in [-0.15, -0.1) is 0 Å². The molecule has 0 spiro atoms. The molecule has 2 unspecified atom stereocenters. The Balaban J connectivity index is 2.30. The fourth-order valence-corrected chi connectivity index (χ4v) is 2.42. The van der Waals surface area contributed by atoms with Gasteiger partial charge in [-0.05, 0) is 43.5 Å². The van der Waals surface area contributed by atoms with Crippen molar-refractivity contribution in [2.75, 3.05) is 19.8 Å². The van der Waals surface area contributed by atoms with Gasteiger partial charge in [0.05, 0.1) is 11.1 Å². The number of aliphatic hydroxyl groups excluding tert-OH is 1. The number of hydrogen-bond acceptors (Lipinski definition) is 4. The summed E-state index contributed by atoms with van der Waals surface area (Å²) >= 11 is 6.18. The second kappa shape index (κ2) is 5.78. The van der Waals surface area contributed by atoms with Crippen LogP contribution in [0.4, 0.5) is 0 Å². The van der Waals surface area contributed by atoms with Gasteiger partial charge in [-0.2, -0.15) is 0 Å². The molecule has 2 rings (SSSR count). The molecule has 1 aromatic rings. The summed E-state index contributed by atoms with van der Waals surface area (Å²) in [6.45, 7) is 3.25. The highest BCUT2D eigenvalue weighted by Gasteiger charge is 2.20. The van der Waals surface area contributed by atoms with E-state index < -0.39 is 6.10 Å². The Morgan fingerprint density at radius 2 is 2.11 bits per heavy atom. The maximum Gasteiger partial charge on any atom is 0.179 e. The van der Waals surface area contributed by atoms with Gasteiger partial charge in [0.1, 0.15) is 13.2 Å². The third kappa shape index (κ3) is 2.88. The van der Waals surface area contributed by atoms with Gasteiger partial charge in [-0.1, -0.05) is 11.6 Å². The Bertz CT molecular complexity index is 423. The number of hydrogen-bond donors (Lipinski definition) is 2. The maximum atomic E-state index is 9.48. The summed E-state index contributed by atoms with van der Waals surface area (Å²) in [4.78, 5) is 0. The summed E-state index contributed by atoms with van der Waals surface area (Å²) in [5, 5.41) is 10.0. The number of ether oxygens (including phenoxy) is 2. The fraction of sp³-hybridized carbons (Fsp3) is 0.538. The number of aliphatic hydroxyl groups is 1. The van der Waals surface area contributed by atoms with Crippen molar-refractivity contribution in [3.05, 3.63) is 22.7 Å². The Kier molecular flexibility index (Phi) is 4.32. The predicted molar refractivity (Wildman–Crippen MR) is 70.5 cm³/mol. The summed E-state index contributed by atoms with van der Waals surface area (Å²) in [5.41, 5.74) is 6.73. The van der Waals surface area contributed by atoms with Gasteiger partial charge < -0.3 is 20.3 Å². The van der Waals surface area contributed by atoms with Crippen LogP contribution in [-0.4, -0.2) is 31.0 Å². The summed E-state index contributed by atoms with van der Waals surface area (Å²) < 4.78 is 11.0. The zero-order valence-corrected chi connectivity index (χ0v) is 11.1. The SMILES string of the molecule is CC(O)CC(CN)c1cc(Cl)c2c(c1)OCCO2. The normalized spacial score (nSPS) is 17.3. The first kappa shape index (κ1) is 13.5. The molecular formula is C13H18ClNO3. The van der Waals surface area contributed by atoms with Crippen LogP contribution in [0, 0.1) is 0 Å². The molecule has 5 heteroatoms. The molecule has 0 saturated carbocycles. The molecule has 0 saturated heterocycles. The van der Waals surface area contributed by atoms with E-state index in [0.29, 0.717) is 42.7 Å². The van der Waals surface area contributed by atoms with Gasteiger partial charge in [0.15, 0.2) is 11.5 Å². The van der Waals surface area contributed by atoms with Crippen molar-refractivity contribution in [1.82, 2.24) is 0 Å². The molecule has 4 nitrogen and oxygen atoms in total. The summed E-state index contributed by atoms with van der Waals surface area (Å²) in [6.07, 6.45) is 0.206. The van der Waals surface area contributed by atoms with Gasteiger partial charge >= 0.3 is 0 Å². The summed E-state index contributed by atoms with van der Waals surface area (Å²) in [7, 11) is 0. The average molecular weight is 272 g/mol. The average Bonchev–Trinajstić information content (AvgIpc) is 2.35. The maximum absolute atomic E-state index is 9.48. The minimum absolute atomic E-state index is 0.0679. The van der Waals surface area contributed by atoms with E-state index in [1.807, 2.05) is 12.1 Å². The van der Waals surface area contributed by atoms with Crippen LogP contribution >= 0.6 is 11.6 Å². The van der Waals surface area contributed by atoms with Crippen molar-refractivity contribution in [2.45, 2.75) is 25.4 Å². The Labute approximate surface area is 112 Å². The minimum atomic E-state index is -0.398. The van der Waals surface area contributed by atoms with Crippen LogP contribution in [0.5, 0.6) is 11.5 Å². The lowest BCUT2D eigenvalue weighted by molar-refractivity contribution is 0.169. The molecule has 0 radical (unpaired) electrons. The van der Waals surface area contributed by atoms with Gasteiger partial charge in [-0.25, -0.2) is 0 Å². The second-order valence-electron chi connectivity index (χ2n) is 4.54. The first-order chi connectivity index (χ1) is 8.61. The van der Waals surface area contributed by atoms with E-state index in [1.165, 1.54) is 0 Å². The van der Waals surface area contributed by atoms with E-state index >= 15 is 0 Å². The van der Waals surface area contributed by atoms with Crippen molar-refractivity contribution < 1.29 is 14.6 Å². The van der Waals surface area contributed by atoms with E-state index in [9.17, 15) is 5.11 Å². The minimum Gasteiger partial charge on any atom is -0.486 e. The van der Waals surface area contributed by atoms with Gasteiger partial charge in [0.25, 0.3) is 0 Å². The van der Waals surface area contributed by atoms with Crippen molar-refractivity contribution >= 4 is 11.6 Å². The monoisotopic (exact) mass is 271 g/mol. The molecule has 18 heavy (non-hydrogen) atoms. The molecule has 1 aliphatic heterocycles. The topological polar surface area (TPSA) is 64.7 Å². The Morgan fingerprint density at radius 3 is 2.78 bits per heavy atom. The highest BCUT2D eigenvalue weighted by atomic mass is 35.5. The highest BCUT2D eigenvalue weighted by molar-refractivity contribution is 6.32. The molecule has 1 aromatic carbocycles. The van der Waals surface area contributed by atoms with E-state index in [0.717, 1.165) is 5.56 Å². The molecule has 0 aliphatic carbocycles. The van der Waals surface area contributed by atoms with Crippen LogP contribution < -0.4 is 15.2 Å². The van der Waals surface area contributed by atoms with Crippen LogP contribution in [0.3, 0.4) is 0 Å². The number of fused-ring (bicyclic) bond motifs is 1. The van der Waals surface area contributed by atoms with Gasteiger partial charge in [0.2, 0.25) is 0 Å². The first-order valence-corrected chi connectivity index (χ1v) is 6.46. The van der Waals surface area contributed by atoms with Crippen LogP contribution in [0.1, 0.15) is 24.8 Å². The highest BCUT2D eigenvalue weighted by Crippen LogP contribution is 2.40. The molecule has 0 aromatic heterocycles. The standard InChI is InChI=1S/C13H18ClNO3/c1-8(16)4-10(7-15)9-5-11(14)13-12(6-9)17-2-3-18-13/h5-6,8,10,16H,2-4,7,15H2,1H3. The largest absolute Gasteiger partial charge is 0.486 e. The lowest BCUT2D eigenvalue weighted by Gasteiger charge is -2.23. The third-order valence-electron chi connectivity index (χ3n) is 3.00. The number of nitrogens with two attached hydrogens (primary N) is 1. The van der Waals surface area contributed by atoms with Crippen LogP contribution in [0.2, 0.25) is 5.02 Å². The van der Waals surface area contributed by atoms with Crippen molar-refractivity contribution in [1.29, 1.82) is 0 Å². The second-order valence-corrected chi connectivity index (χ2v) is 4.95. The quantitative estimate of drug-likeness (QED) is 0.878. The Hall–Kier alpha value is -0.970. The zero-order valence-electron chi connectivity index (χ0n) is 10.4. The number of rotatable bonds is 4. The fourth-order valence-electron chi connectivity index (χ4n) is 2.15. The smallest absolute Gasteiger partial charge is 0.179 e. The molecular weight excluding hydrogens is 254 g/mol. The zero-order chi connectivity index (χ0) is 13.1. The number of benzene rings is 1. The van der Waals surface area contributed by atoms with Crippen molar-refractivity contribution in [3.8, 4) is 11.5 Å². The summed E-state index contributed by atoms with van der Waals surface area (Å²) in [6, 6.07) is 3.75. The van der Waals surface area contributed by atoms with Crippen LogP contribution in [-0.2, 0) is 0 Å². The molecule has 0 amide bonds. The van der Waals surface area contributed by atoms with Crippen LogP contribution in [0.25, 0.3) is 0 Å². The van der Waals surface area contributed by atoms with E-state index in [2.05, 4.69) is 0 Å². The molecule has 3 N–H and O–H groups in total. The molecule has 0 fully saturated rings.